The number of hydrogen-bond acceptors (Lipinski definition) is 3. The zero-order chi connectivity index (χ0) is 13.3. The fourth-order valence-electron chi connectivity index (χ4n) is 0.852. The van der Waals surface area contributed by atoms with Crippen LogP contribution in [0.5, 0.6) is 0 Å². The van der Waals surface area contributed by atoms with Crippen LogP contribution in [-0.4, -0.2) is 18.7 Å². The first-order valence-electron chi connectivity index (χ1n) is 5.42. The van der Waals surface area contributed by atoms with E-state index in [1.807, 2.05) is 19.9 Å². The maximum atomic E-state index is 10.9. The van der Waals surface area contributed by atoms with Gasteiger partial charge in [0.15, 0.2) is 5.78 Å². The summed E-state index contributed by atoms with van der Waals surface area (Å²) in [6, 6.07) is 1.90. The molecule has 0 aliphatic heterocycles. The molecule has 0 aromatic rings. The average molecular weight is 226 g/mol. The number of nitriles is 1. The van der Waals surface area contributed by atoms with E-state index in [1.165, 1.54) is 0 Å². The van der Waals surface area contributed by atoms with Crippen molar-refractivity contribution in [2.24, 2.45) is 17.8 Å². The van der Waals surface area contributed by atoms with Gasteiger partial charge in [0.05, 0.1) is 6.07 Å². The van der Waals surface area contributed by atoms with Gasteiger partial charge in [0, 0.05) is 18.9 Å². The van der Waals surface area contributed by atoms with Crippen molar-refractivity contribution in [3.63, 3.8) is 0 Å². The van der Waals surface area contributed by atoms with Crippen LogP contribution in [0.3, 0.4) is 0 Å². The van der Waals surface area contributed by atoms with Crippen LogP contribution in [0.25, 0.3) is 0 Å². The summed E-state index contributed by atoms with van der Waals surface area (Å²) in [7, 11) is 1.64. The van der Waals surface area contributed by atoms with E-state index < -0.39 is 5.92 Å². The lowest BCUT2D eigenvalue weighted by molar-refractivity contribution is -0.124. The smallest absolute Gasteiger partial charge is 0.222 e. The van der Waals surface area contributed by atoms with Crippen LogP contribution < -0.4 is 5.32 Å². The molecule has 0 aromatic heterocycles. The van der Waals surface area contributed by atoms with Gasteiger partial charge in [-0.25, -0.2) is 0 Å². The molecule has 4 nitrogen and oxygen atoms in total. The molecule has 0 spiro atoms. The summed E-state index contributed by atoms with van der Waals surface area (Å²) in [5.41, 5.74) is 0. The Morgan fingerprint density at radius 3 is 1.56 bits per heavy atom. The number of carbonyl (C=O) groups is 2. The van der Waals surface area contributed by atoms with Crippen LogP contribution in [0, 0.1) is 29.1 Å². The average Bonchev–Trinajstić information content (AvgIpc) is 2.26. The molecule has 1 atom stereocenters. The van der Waals surface area contributed by atoms with Gasteiger partial charge in [-0.05, 0) is 6.92 Å². The summed E-state index contributed by atoms with van der Waals surface area (Å²) < 4.78 is 0. The highest BCUT2D eigenvalue weighted by atomic mass is 16.1. The minimum atomic E-state index is -0.440. The Kier molecular flexibility index (Phi) is 9.48. The second kappa shape index (κ2) is 8.90. The normalized spacial score (nSPS) is 11.2. The number of hydrogen-bond donors (Lipinski definition) is 1. The van der Waals surface area contributed by atoms with Crippen molar-refractivity contribution in [2.75, 3.05) is 7.05 Å². The van der Waals surface area contributed by atoms with Crippen molar-refractivity contribution in [1.82, 2.24) is 5.32 Å². The summed E-state index contributed by atoms with van der Waals surface area (Å²) in [5, 5.41) is 10.8. The molecule has 0 aliphatic rings. The number of carbonyl (C=O) groups excluding carboxylic acids is 2. The summed E-state index contributed by atoms with van der Waals surface area (Å²) in [5.74, 6) is -0.216. The summed E-state index contributed by atoms with van der Waals surface area (Å²) >= 11 is 0. The topological polar surface area (TPSA) is 70.0 Å². The quantitative estimate of drug-likeness (QED) is 0.797. The number of rotatable bonds is 3. The fourth-order valence-corrected chi connectivity index (χ4v) is 0.852. The molecule has 1 unspecified atom stereocenters. The highest BCUT2D eigenvalue weighted by Gasteiger charge is 2.14. The van der Waals surface area contributed by atoms with Gasteiger partial charge in [-0.2, -0.15) is 5.26 Å². The fraction of sp³-hybridized carbons (Fsp3) is 0.750. The van der Waals surface area contributed by atoms with Crippen molar-refractivity contribution in [2.45, 2.75) is 34.6 Å². The van der Waals surface area contributed by atoms with Gasteiger partial charge in [-0.1, -0.05) is 27.7 Å². The second-order valence-corrected chi connectivity index (χ2v) is 4.18. The molecule has 0 saturated heterocycles. The van der Waals surface area contributed by atoms with Crippen LogP contribution in [-0.2, 0) is 9.59 Å². The van der Waals surface area contributed by atoms with Crippen molar-refractivity contribution in [1.29, 1.82) is 5.26 Å². The Morgan fingerprint density at radius 2 is 1.50 bits per heavy atom. The van der Waals surface area contributed by atoms with E-state index in [-0.39, 0.29) is 23.5 Å². The molecule has 16 heavy (non-hydrogen) atoms. The van der Waals surface area contributed by atoms with Gasteiger partial charge in [0.1, 0.15) is 5.92 Å². The van der Waals surface area contributed by atoms with E-state index in [1.54, 1.807) is 27.8 Å². The lowest BCUT2D eigenvalue weighted by Crippen LogP contribution is -2.22. The largest absolute Gasteiger partial charge is 0.359 e. The molecule has 92 valence electrons. The second-order valence-electron chi connectivity index (χ2n) is 4.18. The monoisotopic (exact) mass is 226 g/mol. The van der Waals surface area contributed by atoms with Crippen molar-refractivity contribution < 1.29 is 9.59 Å². The number of nitrogens with one attached hydrogen (secondary N) is 1. The highest BCUT2D eigenvalue weighted by molar-refractivity contribution is 5.84. The zero-order valence-corrected chi connectivity index (χ0v) is 11.0. The molecule has 0 radical (unpaired) electrons. The Balaban J connectivity index is 0. The molecule has 1 amide bonds. The predicted octanol–water partition coefficient (Wildman–Crippen LogP) is 1.76. The zero-order valence-electron chi connectivity index (χ0n) is 11.0. The van der Waals surface area contributed by atoms with Gasteiger partial charge >= 0.3 is 0 Å². The van der Waals surface area contributed by atoms with Crippen molar-refractivity contribution in [3.05, 3.63) is 0 Å². The molecular formula is C12H22N2O2. The third-order valence-electron chi connectivity index (χ3n) is 1.96. The first-order chi connectivity index (χ1) is 7.27. The Labute approximate surface area is 98.0 Å². The Bertz CT molecular complexity index is 265. The maximum absolute atomic E-state index is 10.9. The van der Waals surface area contributed by atoms with Gasteiger partial charge in [-0.3, -0.25) is 9.59 Å². The molecule has 0 fully saturated rings. The number of Topliss-reactive ketones (excluding diaryl/α,β-unsaturated/α-hetero) is 1. The van der Waals surface area contributed by atoms with E-state index in [9.17, 15) is 9.59 Å². The van der Waals surface area contributed by atoms with Gasteiger partial charge in [0.2, 0.25) is 5.91 Å². The lowest BCUT2D eigenvalue weighted by Gasteiger charge is -2.02. The predicted molar refractivity (Wildman–Crippen MR) is 63.5 cm³/mol. The first-order valence-corrected chi connectivity index (χ1v) is 5.42. The van der Waals surface area contributed by atoms with Gasteiger partial charge in [-0.15, -0.1) is 0 Å². The highest BCUT2D eigenvalue weighted by Crippen LogP contribution is 2.03. The van der Waals surface area contributed by atoms with E-state index in [0.29, 0.717) is 0 Å². The van der Waals surface area contributed by atoms with Gasteiger partial charge in [0.25, 0.3) is 0 Å². The Morgan fingerprint density at radius 1 is 1.06 bits per heavy atom. The maximum Gasteiger partial charge on any atom is 0.222 e. The molecule has 0 aliphatic carbocycles. The Hall–Kier alpha value is -1.37. The molecule has 0 saturated carbocycles. The van der Waals surface area contributed by atoms with E-state index in [2.05, 4.69) is 5.32 Å². The number of amides is 1. The van der Waals surface area contributed by atoms with Crippen LogP contribution in [0.4, 0.5) is 0 Å². The molecule has 0 rings (SSSR count). The van der Waals surface area contributed by atoms with Crippen LogP contribution >= 0.6 is 0 Å². The standard InChI is InChI=1S/C7H11NO.C5H11NO/c1-5(2)7(9)6(3)4-8;1-4(2)5(7)6-3/h5-6H,1-3H3;4H,1-3H3,(H,6,7). The molecule has 4 heteroatoms. The van der Waals surface area contributed by atoms with Gasteiger partial charge < -0.3 is 5.32 Å². The van der Waals surface area contributed by atoms with Crippen molar-refractivity contribution >= 4 is 11.7 Å². The SMILES string of the molecule is CC(C)C(=O)C(C)C#N.CNC(=O)C(C)C. The summed E-state index contributed by atoms with van der Waals surface area (Å²) in [6.45, 7) is 8.95. The van der Waals surface area contributed by atoms with Crippen LogP contribution in [0.2, 0.25) is 0 Å². The molecular weight excluding hydrogens is 204 g/mol. The molecule has 0 heterocycles. The third-order valence-corrected chi connectivity index (χ3v) is 1.96. The number of nitrogens with zero attached hydrogens (tertiary/aromatic N) is 1. The van der Waals surface area contributed by atoms with E-state index >= 15 is 0 Å². The lowest BCUT2D eigenvalue weighted by atomic mass is 9.99. The third kappa shape index (κ3) is 7.98. The number of ketones is 1. The minimum Gasteiger partial charge on any atom is -0.359 e. The minimum absolute atomic E-state index is 0.0142. The first kappa shape index (κ1) is 17.0. The molecule has 0 aromatic carbocycles. The molecule has 0 bridgehead atoms. The summed E-state index contributed by atoms with van der Waals surface area (Å²) in [4.78, 5) is 21.3. The molecule has 1 N–H and O–H groups in total. The summed E-state index contributed by atoms with van der Waals surface area (Å²) in [6.07, 6.45) is 0. The van der Waals surface area contributed by atoms with Crippen LogP contribution in [0.15, 0.2) is 0 Å². The van der Waals surface area contributed by atoms with E-state index in [4.69, 9.17) is 5.26 Å². The van der Waals surface area contributed by atoms with Crippen molar-refractivity contribution in [3.8, 4) is 6.07 Å². The van der Waals surface area contributed by atoms with Crippen LogP contribution in [0.1, 0.15) is 34.6 Å². The van der Waals surface area contributed by atoms with E-state index in [0.717, 1.165) is 0 Å².